The number of aromatic amines is 1. The van der Waals surface area contributed by atoms with Crippen molar-refractivity contribution in [3.05, 3.63) is 57.5 Å². The zero-order valence-corrected chi connectivity index (χ0v) is 16.0. The minimum atomic E-state index is 0.0195. The zero-order valence-electron chi connectivity index (χ0n) is 16.0. The van der Waals surface area contributed by atoms with Crippen molar-refractivity contribution in [2.24, 2.45) is 0 Å². The third-order valence-corrected chi connectivity index (χ3v) is 5.84. The quantitative estimate of drug-likeness (QED) is 0.863. The van der Waals surface area contributed by atoms with Crippen molar-refractivity contribution in [1.29, 1.82) is 0 Å². The number of anilines is 1. The standard InChI is InChI=1S/C22H30N4O/c27-21-19-16-26(15-17-9-5-4-6-10-17)14-13-20(19)24-22(25-21)23-18-11-7-2-1-3-8-12-18/h4-6,9-10,18H,1-3,7-8,11-16H2,(H2,23,24,25,27). The van der Waals surface area contributed by atoms with Gasteiger partial charge in [-0.3, -0.25) is 14.7 Å². The van der Waals surface area contributed by atoms with Gasteiger partial charge in [0.25, 0.3) is 5.56 Å². The van der Waals surface area contributed by atoms with E-state index in [9.17, 15) is 4.79 Å². The highest BCUT2D eigenvalue weighted by Crippen LogP contribution is 2.21. The number of nitrogens with zero attached hydrogens (tertiary/aromatic N) is 2. The van der Waals surface area contributed by atoms with Gasteiger partial charge in [-0.25, -0.2) is 4.98 Å². The zero-order chi connectivity index (χ0) is 18.5. The highest BCUT2D eigenvalue weighted by atomic mass is 16.1. The SMILES string of the molecule is O=c1[nH]c(NC2CCCCCCC2)nc2c1CN(Cc1ccccc1)CC2. The number of H-pyrrole nitrogens is 1. The van der Waals surface area contributed by atoms with Gasteiger partial charge in [-0.1, -0.05) is 62.4 Å². The van der Waals surface area contributed by atoms with Crippen LogP contribution in [0, 0.1) is 0 Å². The topological polar surface area (TPSA) is 61.0 Å². The van der Waals surface area contributed by atoms with Crippen LogP contribution in [0.1, 0.15) is 61.8 Å². The summed E-state index contributed by atoms with van der Waals surface area (Å²) >= 11 is 0. The van der Waals surface area contributed by atoms with Crippen LogP contribution in [0.25, 0.3) is 0 Å². The Morgan fingerprint density at radius 1 is 1.07 bits per heavy atom. The molecule has 2 N–H and O–H groups in total. The first-order valence-electron chi connectivity index (χ1n) is 10.4. The fourth-order valence-electron chi connectivity index (χ4n) is 4.32. The lowest BCUT2D eigenvalue weighted by Crippen LogP contribution is -2.36. The van der Waals surface area contributed by atoms with E-state index in [4.69, 9.17) is 4.98 Å². The van der Waals surface area contributed by atoms with Crippen molar-refractivity contribution in [1.82, 2.24) is 14.9 Å². The van der Waals surface area contributed by atoms with Crippen molar-refractivity contribution >= 4 is 5.95 Å². The molecule has 2 aliphatic rings. The van der Waals surface area contributed by atoms with Crippen LogP contribution < -0.4 is 10.9 Å². The number of fused-ring (bicyclic) bond motifs is 1. The van der Waals surface area contributed by atoms with Crippen molar-refractivity contribution in [2.75, 3.05) is 11.9 Å². The maximum atomic E-state index is 12.7. The van der Waals surface area contributed by atoms with Gasteiger partial charge in [0.1, 0.15) is 0 Å². The van der Waals surface area contributed by atoms with Gasteiger partial charge in [0, 0.05) is 32.1 Å². The minimum Gasteiger partial charge on any atom is -0.353 e. The summed E-state index contributed by atoms with van der Waals surface area (Å²) in [6, 6.07) is 10.9. The molecule has 0 bridgehead atoms. The largest absolute Gasteiger partial charge is 0.353 e. The molecule has 1 aromatic carbocycles. The number of aromatic nitrogens is 2. The van der Waals surface area contributed by atoms with Crippen LogP contribution in [-0.4, -0.2) is 27.5 Å². The van der Waals surface area contributed by atoms with Crippen LogP contribution in [0.5, 0.6) is 0 Å². The number of hydrogen-bond donors (Lipinski definition) is 2. The van der Waals surface area contributed by atoms with Gasteiger partial charge in [0.05, 0.1) is 11.3 Å². The molecule has 1 aliphatic heterocycles. The molecule has 27 heavy (non-hydrogen) atoms. The molecule has 1 fully saturated rings. The molecule has 1 aliphatic carbocycles. The van der Waals surface area contributed by atoms with Gasteiger partial charge in [-0.15, -0.1) is 0 Å². The monoisotopic (exact) mass is 366 g/mol. The van der Waals surface area contributed by atoms with E-state index in [-0.39, 0.29) is 5.56 Å². The van der Waals surface area contributed by atoms with Crippen molar-refractivity contribution < 1.29 is 0 Å². The number of benzene rings is 1. The summed E-state index contributed by atoms with van der Waals surface area (Å²) < 4.78 is 0. The molecule has 1 aromatic heterocycles. The van der Waals surface area contributed by atoms with Crippen LogP contribution in [0.4, 0.5) is 5.95 Å². The number of rotatable bonds is 4. The molecule has 0 atom stereocenters. The van der Waals surface area contributed by atoms with Crippen molar-refractivity contribution in [2.45, 2.75) is 70.5 Å². The van der Waals surface area contributed by atoms with E-state index in [0.717, 1.165) is 30.8 Å². The molecule has 0 radical (unpaired) electrons. The van der Waals surface area contributed by atoms with E-state index in [1.807, 2.05) is 6.07 Å². The third-order valence-electron chi connectivity index (χ3n) is 5.84. The first-order valence-corrected chi connectivity index (χ1v) is 10.4. The summed E-state index contributed by atoms with van der Waals surface area (Å²) in [7, 11) is 0. The Labute approximate surface area is 161 Å². The molecule has 144 valence electrons. The second kappa shape index (κ2) is 8.70. The van der Waals surface area contributed by atoms with Crippen LogP contribution >= 0.6 is 0 Å². The maximum absolute atomic E-state index is 12.7. The summed E-state index contributed by atoms with van der Waals surface area (Å²) in [4.78, 5) is 22.8. The Morgan fingerprint density at radius 2 is 1.81 bits per heavy atom. The Kier molecular flexibility index (Phi) is 5.87. The van der Waals surface area contributed by atoms with Crippen LogP contribution in [0.2, 0.25) is 0 Å². The lowest BCUT2D eigenvalue weighted by molar-refractivity contribution is 0.242. The van der Waals surface area contributed by atoms with Gasteiger partial charge < -0.3 is 5.32 Å². The Morgan fingerprint density at radius 3 is 2.59 bits per heavy atom. The number of nitrogens with one attached hydrogen (secondary N) is 2. The average Bonchev–Trinajstić information content (AvgIpc) is 2.65. The fraction of sp³-hybridized carbons (Fsp3) is 0.545. The predicted molar refractivity (Wildman–Crippen MR) is 109 cm³/mol. The molecular weight excluding hydrogens is 336 g/mol. The second-order valence-electron chi connectivity index (χ2n) is 7.97. The van der Waals surface area contributed by atoms with E-state index in [1.54, 1.807) is 0 Å². The Bertz CT molecular complexity index is 794. The molecular formula is C22H30N4O. The van der Waals surface area contributed by atoms with Crippen molar-refractivity contribution in [3.63, 3.8) is 0 Å². The van der Waals surface area contributed by atoms with E-state index in [1.165, 1.54) is 50.5 Å². The Hall–Kier alpha value is -2.14. The molecule has 0 amide bonds. The Balaban J connectivity index is 1.43. The molecule has 5 heteroatoms. The summed E-state index contributed by atoms with van der Waals surface area (Å²) in [5.41, 5.74) is 3.11. The minimum absolute atomic E-state index is 0.0195. The lowest BCUT2D eigenvalue weighted by atomic mass is 9.97. The van der Waals surface area contributed by atoms with Crippen LogP contribution in [0.3, 0.4) is 0 Å². The third kappa shape index (κ3) is 4.78. The summed E-state index contributed by atoms with van der Waals surface area (Å²) in [5.74, 6) is 0.667. The summed E-state index contributed by atoms with van der Waals surface area (Å²) in [5, 5.41) is 3.51. The first kappa shape index (κ1) is 18.2. The molecule has 4 rings (SSSR count). The van der Waals surface area contributed by atoms with Gasteiger partial charge >= 0.3 is 0 Å². The normalized spacial score (nSPS) is 19.1. The predicted octanol–water partition coefficient (Wildman–Crippen LogP) is 3.85. The number of hydrogen-bond acceptors (Lipinski definition) is 4. The molecule has 0 unspecified atom stereocenters. The second-order valence-corrected chi connectivity index (χ2v) is 7.97. The highest BCUT2D eigenvalue weighted by molar-refractivity contribution is 5.32. The van der Waals surface area contributed by atoms with Gasteiger partial charge in [-0.05, 0) is 18.4 Å². The van der Waals surface area contributed by atoms with E-state index >= 15 is 0 Å². The van der Waals surface area contributed by atoms with Crippen LogP contribution in [0.15, 0.2) is 35.1 Å². The van der Waals surface area contributed by atoms with E-state index < -0.39 is 0 Å². The van der Waals surface area contributed by atoms with Crippen molar-refractivity contribution in [3.8, 4) is 0 Å². The maximum Gasteiger partial charge on any atom is 0.257 e. The summed E-state index contributed by atoms with van der Waals surface area (Å²) in [6.45, 7) is 2.50. The van der Waals surface area contributed by atoms with Gasteiger partial charge in [0.2, 0.25) is 5.95 Å². The highest BCUT2D eigenvalue weighted by Gasteiger charge is 2.22. The molecule has 5 nitrogen and oxygen atoms in total. The molecule has 2 aromatic rings. The smallest absolute Gasteiger partial charge is 0.257 e. The molecule has 0 spiro atoms. The van der Waals surface area contributed by atoms with E-state index in [2.05, 4.69) is 39.5 Å². The van der Waals surface area contributed by atoms with Gasteiger partial charge in [-0.2, -0.15) is 0 Å². The lowest BCUT2D eigenvalue weighted by Gasteiger charge is -2.28. The fourth-order valence-corrected chi connectivity index (χ4v) is 4.32. The van der Waals surface area contributed by atoms with E-state index in [0.29, 0.717) is 18.5 Å². The molecule has 2 heterocycles. The van der Waals surface area contributed by atoms with Crippen LogP contribution in [-0.2, 0) is 19.5 Å². The first-order chi connectivity index (χ1) is 13.3. The summed E-state index contributed by atoms with van der Waals surface area (Å²) in [6.07, 6.45) is 9.72. The average molecular weight is 367 g/mol. The molecule has 1 saturated carbocycles. The van der Waals surface area contributed by atoms with Gasteiger partial charge in [0.15, 0.2) is 0 Å². The molecule has 0 saturated heterocycles.